The van der Waals surface area contributed by atoms with Gasteiger partial charge in [0.1, 0.15) is 6.29 Å². The van der Waals surface area contributed by atoms with Crippen LogP contribution >= 0.6 is 0 Å². The molecule has 0 spiro atoms. The normalized spacial score (nSPS) is 16.3. The second-order valence-electron chi connectivity index (χ2n) is 11.6. The van der Waals surface area contributed by atoms with Crippen LogP contribution in [0.15, 0.2) is 0 Å². The molecule has 1 atom stereocenters. The average Bonchev–Trinajstić information content (AvgIpc) is 2.51. The molecule has 0 aromatic heterocycles. The maximum atomic E-state index is 12.5. The molecule has 28 heavy (non-hydrogen) atoms. The summed E-state index contributed by atoms with van der Waals surface area (Å²) in [4.78, 5) is 36.8. The van der Waals surface area contributed by atoms with Crippen molar-refractivity contribution in [3.63, 3.8) is 0 Å². The van der Waals surface area contributed by atoms with Crippen LogP contribution in [0.3, 0.4) is 0 Å². The summed E-state index contributed by atoms with van der Waals surface area (Å²) in [6.07, 6.45) is 2.06. The van der Waals surface area contributed by atoms with Crippen LogP contribution in [0.4, 0.5) is 0 Å². The largest absolute Gasteiger partial charge is 0.469 e. The molecule has 1 unspecified atom stereocenters. The molecule has 5 heteroatoms. The number of rotatable bonds is 10. The van der Waals surface area contributed by atoms with Crippen LogP contribution in [-0.4, -0.2) is 32.9 Å². The Balaban J connectivity index is 6.16. The highest BCUT2D eigenvalue weighted by Crippen LogP contribution is 2.60. The molecule has 160 valence electrons. The van der Waals surface area contributed by atoms with Crippen molar-refractivity contribution >= 4 is 25.8 Å². The van der Waals surface area contributed by atoms with Crippen molar-refractivity contribution in [2.45, 2.75) is 89.0 Å². The standard InChI is InChI=1S/C23H41BO4/c1-18(2,16(24)26)13-20(5,6)22(9,10)23(11,15-25)14-19(3,4)21(7,8)17(27)28-12/h15H,13-14H2,1-12H3. The number of carbonyl (C=O) groups is 3. The van der Waals surface area contributed by atoms with Gasteiger partial charge in [-0.1, -0.05) is 62.3 Å². The van der Waals surface area contributed by atoms with Gasteiger partial charge in [0.25, 0.3) is 0 Å². The van der Waals surface area contributed by atoms with Gasteiger partial charge in [0.15, 0.2) is 7.85 Å². The van der Waals surface area contributed by atoms with Crippen LogP contribution in [0.2, 0.25) is 0 Å². The third-order valence-electron chi connectivity index (χ3n) is 8.13. The van der Waals surface area contributed by atoms with Gasteiger partial charge < -0.3 is 14.3 Å². The summed E-state index contributed by atoms with van der Waals surface area (Å²) < 4.78 is 5.02. The Morgan fingerprint density at radius 3 is 1.57 bits per heavy atom. The monoisotopic (exact) mass is 392 g/mol. The van der Waals surface area contributed by atoms with Crippen molar-refractivity contribution in [2.24, 2.45) is 32.5 Å². The molecule has 0 aliphatic heterocycles. The number of methoxy groups -OCH3 is 1. The fourth-order valence-electron chi connectivity index (χ4n) is 4.27. The van der Waals surface area contributed by atoms with Gasteiger partial charge in [-0.05, 0) is 42.9 Å². The minimum Gasteiger partial charge on any atom is -0.469 e. The molecule has 0 aliphatic carbocycles. The smallest absolute Gasteiger partial charge is 0.311 e. The molecular formula is C23H41BO4. The van der Waals surface area contributed by atoms with Crippen LogP contribution in [0, 0.1) is 32.5 Å². The quantitative estimate of drug-likeness (QED) is 0.299. The van der Waals surface area contributed by atoms with Gasteiger partial charge >= 0.3 is 5.97 Å². The Labute approximate surface area is 174 Å². The lowest BCUT2D eigenvalue weighted by Crippen LogP contribution is -2.53. The van der Waals surface area contributed by atoms with Gasteiger partial charge in [0, 0.05) is 10.8 Å². The minimum absolute atomic E-state index is 0.294. The van der Waals surface area contributed by atoms with Gasteiger partial charge in [0.2, 0.25) is 0 Å². The Morgan fingerprint density at radius 2 is 1.25 bits per heavy atom. The number of carbonyl (C=O) groups excluding carboxylic acids is 3. The summed E-state index contributed by atoms with van der Waals surface area (Å²) >= 11 is 0. The molecule has 0 bridgehead atoms. The van der Waals surface area contributed by atoms with E-state index in [4.69, 9.17) is 12.6 Å². The highest BCUT2D eigenvalue weighted by molar-refractivity contribution is 6.58. The molecule has 4 nitrogen and oxygen atoms in total. The third kappa shape index (κ3) is 4.71. The van der Waals surface area contributed by atoms with Crippen LogP contribution in [0.1, 0.15) is 89.0 Å². The predicted octanol–water partition coefficient (Wildman–Crippen LogP) is 4.97. The van der Waals surface area contributed by atoms with Crippen molar-refractivity contribution in [3.8, 4) is 0 Å². The zero-order chi connectivity index (χ0) is 23.0. The molecule has 0 rings (SSSR count). The summed E-state index contributed by atoms with van der Waals surface area (Å²) in [5, 5.41) is 0. The van der Waals surface area contributed by atoms with Gasteiger partial charge in [-0.25, -0.2) is 0 Å². The SMILES string of the molecule is [B]C(=O)C(C)(C)CC(C)(C)C(C)(C)C(C)(C=O)CC(C)(C)C(C)(C)C(=O)OC. The summed E-state index contributed by atoms with van der Waals surface area (Å²) in [7, 11) is 7.00. The first-order chi connectivity index (χ1) is 12.1. The Morgan fingerprint density at radius 1 is 0.821 bits per heavy atom. The molecular weight excluding hydrogens is 351 g/mol. The minimum atomic E-state index is -0.765. The molecule has 0 aliphatic rings. The van der Waals surface area contributed by atoms with E-state index in [-0.39, 0.29) is 17.1 Å². The second kappa shape index (κ2) is 7.95. The van der Waals surface area contributed by atoms with Gasteiger partial charge in [0.05, 0.1) is 18.2 Å². The van der Waals surface area contributed by atoms with E-state index in [1.54, 1.807) is 0 Å². The van der Waals surface area contributed by atoms with Gasteiger partial charge in [-0.2, -0.15) is 0 Å². The zero-order valence-corrected chi connectivity index (χ0v) is 20.2. The number of ether oxygens (including phenoxy) is 1. The molecule has 0 aromatic carbocycles. The van der Waals surface area contributed by atoms with Crippen LogP contribution < -0.4 is 0 Å². The zero-order valence-electron chi connectivity index (χ0n) is 20.2. The van der Waals surface area contributed by atoms with E-state index in [0.717, 1.165) is 6.29 Å². The first-order valence-electron chi connectivity index (χ1n) is 10.00. The molecule has 0 saturated carbocycles. The number of hydrogen-bond acceptors (Lipinski definition) is 4. The maximum absolute atomic E-state index is 12.5. The highest BCUT2D eigenvalue weighted by Gasteiger charge is 2.56. The van der Waals surface area contributed by atoms with E-state index in [9.17, 15) is 14.4 Å². The van der Waals surface area contributed by atoms with Crippen molar-refractivity contribution in [3.05, 3.63) is 0 Å². The molecule has 0 amide bonds. The Hall–Kier alpha value is -1.13. The molecule has 2 radical (unpaired) electrons. The molecule has 0 N–H and O–H groups in total. The third-order valence-corrected chi connectivity index (χ3v) is 8.13. The molecule has 0 fully saturated rings. The van der Waals surface area contributed by atoms with Crippen molar-refractivity contribution in [1.29, 1.82) is 0 Å². The lowest BCUT2D eigenvalue weighted by atomic mass is 9.47. The Bertz CT molecular complexity index is 614. The first-order valence-corrected chi connectivity index (χ1v) is 10.00. The fraction of sp³-hybridized carbons (Fsp3) is 0.870. The summed E-state index contributed by atoms with van der Waals surface area (Å²) in [6, 6.07) is 0. The highest BCUT2D eigenvalue weighted by atomic mass is 16.5. The van der Waals surface area contributed by atoms with Crippen LogP contribution in [0.5, 0.6) is 0 Å². The summed E-state index contributed by atoms with van der Waals surface area (Å²) in [5.74, 6) is -0.294. The van der Waals surface area contributed by atoms with Crippen LogP contribution in [-0.2, 0) is 19.1 Å². The summed E-state index contributed by atoms with van der Waals surface area (Å²) in [6.45, 7) is 21.7. The fourth-order valence-corrected chi connectivity index (χ4v) is 4.27. The van der Waals surface area contributed by atoms with Crippen molar-refractivity contribution in [2.75, 3.05) is 7.11 Å². The van der Waals surface area contributed by atoms with Gasteiger partial charge in [-0.3, -0.25) is 4.79 Å². The Kier molecular flexibility index (Phi) is 7.63. The van der Waals surface area contributed by atoms with Crippen molar-refractivity contribution in [1.82, 2.24) is 0 Å². The second-order valence-corrected chi connectivity index (χ2v) is 11.6. The maximum Gasteiger partial charge on any atom is 0.311 e. The molecule has 0 heterocycles. The topological polar surface area (TPSA) is 60.4 Å². The molecule has 0 saturated heterocycles. The summed E-state index contributed by atoms with van der Waals surface area (Å²) in [5.41, 5.74) is -3.88. The van der Waals surface area contributed by atoms with E-state index in [1.807, 2.05) is 48.5 Å². The number of hydrogen-bond donors (Lipinski definition) is 0. The van der Waals surface area contributed by atoms with E-state index >= 15 is 0 Å². The lowest BCUT2D eigenvalue weighted by Gasteiger charge is -2.56. The predicted molar refractivity (Wildman–Crippen MR) is 115 cm³/mol. The number of esters is 1. The molecule has 0 aromatic rings. The van der Waals surface area contributed by atoms with E-state index < -0.39 is 27.1 Å². The average molecular weight is 392 g/mol. The van der Waals surface area contributed by atoms with Crippen LogP contribution in [0.25, 0.3) is 0 Å². The van der Waals surface area contributed by atoms with E-state index in [1.165, 1.54) is 7.11 Å². The lowest BCUT2D eigenvalue weighted by molar-refractivity contribution is -0.163. The first kappa shape index (κ1) is 26.9. The van der Waals surface area contributed by atoms with Gasteiger partial charge in [-0.15, -0.1) is 0 Å². The van der Waals surface area contributed by atoms with E-state index in [0.29, 0.717) is 12.8 Å². The van der Waals surface area contributed by atoms with Crippen molar-refractivity contribution < 1.29 is 19.1 Å². The number of aldehydes is 1. The van der Waals surface area contributed by atoms with E-state index in [2.05, 4.69) is 27.7 Å².